The molecule has 1 saturated carbocycles. The smallest absolute Gasteiger partial charge is 0.120 e. The molecule has 1 fully saturated rings. The van der Waals surface area contributed by atoms with E-state index in [1.807, 2.05) is 13.0 Å². The van der Waals surface area contributed by atoms with Gasteiger partial charge in [0.2, 0.25) is 0 Å². The van der Waals surface area contributed by atoms with Gasteiger partial charge in [-0.3, -0.25) is 0 Å². The summed E-state index contributed by atoms with van der Waals surface area (Å²) in [5, 5.41) is 3.49. The zero-order valence-electron chi connectivity index (χ0n) is 9.05. The second-order valence-electron chi connectivity index (χ2n) is 4.36. The summed E-state index contributed by atoms with van der Waals surface area (Å²) in [5.41, 5.74) is 0. The van der Waals surface area contributed by atoms with Crippen molar-refractivity contribution >= 4 is 0 Å². The molecule has 1 unspecified atom stereocenters. The minimum absolute atomic E-state index is 0.349. The van der Waals surface area contributed by atoms with Gasteiger partial charge in [-0.15, -0.1) is 0 Å². The zero-order valence-corrected chi connectivity index (χ0v) is 9.05. The van der Waals surface area contributed by atoms with Crippen LogP contribution in [0.1, 0.15) is 43.7 Å². The number of hydrogen-bond acceptors (Lipinski definition) is 2. The number of hydrogen-bond donors (Lipinski definition) is 1. The number of rotatable bonds is 5. The molecule has 1 aromatic heterocycles. The van der Waals surface area contributed by atoms with Gasteiger partial charge in [0.05, 0.1) is 6.04 Å². The van der Waals surface area contributed by atoms with Crippen LogP contribution in [0.15, 0.2) is 16.5 Å². The monoisotopic (exact) mass is 193 g/mol. The maximum absolute atomic E-state index is 5.56. The highest BCUT2D eigenvalue weighted by molar-refractivity contribution is 5.08. The van der Waals surface area contributed by atoms with Crippen LogP contribution < -0.4 is 5.32 Å². The number of nitrogens with one attached hydrogen (secondary N) is 1. The van der Waals surface area contributed by atoms with Crippen molar-refractivity contribution in [3.05, 3.63) is 23.7 Å². The lowest BCUT2D eigenvalue weighted by atomic mass is 10.2. The van der Waals surface area contributed by atoms with Crippen LogP contribution in [0.25, 0.3) is 0 Å². The van der Waals surface area contributed by atoms with Gasteiger partial charge in [0.25, 0.3) is 0 Å². The highest BCUT2D eigenvalue weighted by Gasteiger charge is 2.20. The Morgan fingerprint density at radius 2 is 2.29 bits per heavy atom. The van der Waals surface area contributed by atoms with Crippen molar-refractivity contribution in [2.24, 2.45) is 5.92 Å². The van der Waals surface area contributed by atoms with Crippen molar-refractivity contribution in [1.29, 1.82) is 0 Å². The molecule has 2 nitrogen and oxygen atoms in total. The van der Waals surface area contributed by atoms with Crippen LogP contribution >= 0.6 is 0 Å². The lowest BCUT2D eigenvalue weighted by Gasteiger charge is -2.10. The molecule has 14 heavy (non-hydrogen) atoms. The molecule has 2 heteroatoms. The fraction of sp³-hybridized carbons (Fsp3) is 0.667. The maximum Gasteiger partial charge on any atom is 0.120 e. The lowest BCUT2D eigenvalue weighted by molar-refractivity contribution is 0.412. The summed E-state index contributed by atoms with van der Waals surface area (Å²) in [7, 11) is 0. The van der Waals surface area contributed by atoms with Crippen molar-refractivity contribution < 1.29 is 4.42 Å². The lowest BCUT2D eigenvalue weighted by Crippen LogP contribution is -2.19. The highest BCUT2D eigenvalue weighted by Crippen LogP contribution is 2.31. The summed E-state index contributed by atoms with van der Waals surface area (Å²) in [6.07, 6.45) is 4.20. The minimum Gasteiger partial charge on any atom is -0.465 e. The normalized spacial score (nSPS) is 18.4. The molecule has 0 aromatic carbocycles. The number of aryl methyl sites for hydroxylation is 1. The van der Waals surface area contributed by atoms with Crippen molar-refractivity contribution in [3.8, 4) is 0 Å². The van der Waals surface area contributed by atoms with Crippen LogP contribution in [0.3, 0.4) is 0 Å². The van der Waals surface area contributed by atoms with Gasteiger partial charge in [0.1, 0.15) is 11.5 Å². The molecule has 1 aliphatic carbocycles. The maximum atomic E-state index is 5.56. The molecule has 78 valence electrons. The quantitative estimate of drug-likeness (QED) is 0.777. The predicted molar refractivity (Wildman–Crippen MR) is 57.2 cm³/mol. The summed E-state index contributed by atoms with van der Waals surface area (Å²) in [4.78, 5) is 0. The minimum atomic E-state index is 0.349. The van der Waals surface area contributed by atoms with E-state index in [1.165, 1.54) is 19.3 Å². The van der Waals surface area contributed by atoms with E-state index in [2.05, 4.69) is 18.3 Å². The summed E-state index contributed by atoms with van der Waals surface area (Å²) < 4.78 is 5.56. The molecule has 1 aliphatic rings. The van der Waals surface area contributed by atoms with E-state index in [4.69, 9.17) is 4.42 Å². The Morgan fingerprint density at radius 3 is 2.86 bits per heavy atom. The SMILES string of the molecule is Cc1ccc(C(C)NCCC2CC2)o1. The summed E-state index contributed by atoms with van der Waals surface area (Å²) >= 11 is 0. The molecule has 0 amide bonds. The third kappa shape index (κ3) is 2.61. The average molecular weight is 193 g/mol. The van der Waals surface area contributed by atoms with Crippen molar-refractivity contribution in [3.63, 3.8) is 0 Å². The van der Waals surface area contributed by atoms with Crippen molar-refractivity contribution in [2.75, 3.05) is 6.54 Å². The third-order valence-corrected chi connectivity index (χ3v) is 2.89. The summed E-state index contributed by atoms with van der Waals surface area (Å²) in [6, 6.07) is 4.43. The van der Waals surface area contributed by atoms with Gasteiger partial charge in [-0.25, -0.2) is 0 Å². The Balaban J connectivity index is 1.73. The molecule has 0 radical (unpaired) electrons. The Kier molecular flexibility index (Phi) is 2.92. The van der Waals surface area contributed by atoms with E-state index in [1.54, 1.807) is 0 Å². The van der Waals surface area contributed by atoms with Gasteiger partial charge in [0, 0.05) is 0 Å². The van der Waals surface area contributed by atoms with Gasteiger partial charge in [-0.2, -0.15) is 0 Å². The molecular weight excluding hydrogens is 174 g/mol. The third-order valence-electron chi connectivity index (χ3n) is 2.89. The van der Waals surface area contributed by atoms with Gasteiger partial charge < -0.3 is 9.73 Å². The Bertz CT molecular complexity index is 288. The zero-order chi connectivity index (χ0) is 9.97. The summed E-state index contributed by atoms with van der Waals surface area (Å²) in [6.45, 7) is 5.26. The first-order chi connectivity index (χ1) is 6.75. The average Bonchev–Trinajstić information content (AvgIpc) is 2.87. The Labute approximate surface area is 85.7 Å². The molecule has 2 rings (SSSR count). The summed E-state index contributed by atoms with van der Waals surface area (Å²) in [5.74, 6) is 3.06. The van der Waals surface area contributed by atoms with Crippen LogP contribution in [-0.2, 0) is 0 Å². The van der Waals surface area contributed by atoms with Crippen LogP contribution in [0.5, 0.6) is 0 Å². The Morgan fingerprint density at radius 1 is 1.50 bits per heavy atom. The largest absolute Gasteiger partial charge is 0.465 e. The molecule has 1 aromatic rings. The van der Waals surface area contributed by atoms with Crippen LogP contribution in [0.2, 0.25) is 0 Å². The number of furan rings is 1. The van der Waals surface area contributed by atoms with E-state index < -0.39 is 0 Å². The molecule has 1 heterocycles. The van der Waals surface area contributed by atoms with Crippen LogP contribution in [-0.4, -0.2) is 6.54 Å². The molecule has 0 bridgehead atoms. The molecule has 1 N–H and O–H groups in total. The molecule has 0 aliphatic heterocycles. The van der Waals surface area contributed by atoms with E-state index in [0.29, 0.717) is 6.04 Å². The standard InChI is InChI=1S/C12H19NO/c1-9-3-6-12(14-9)10(2)13-8-7-11-4-5-11/h3,6,10-11,13H,4-5,7-8H2,1-2H3. The van der Waals surface area contributed by atoms with E-state index in [9.17, 15) is 0 Å². The first kappa shape index (κ1) is 9.78. The molecule has 0 spiro atoms. The van der Waals surface area contributed by atoms with Gasteiger partial charge in [-0.1, -0.05) is 12.8 Å². The van der Waals surface area contributed by atoms with Gasteiger partial charge in [-0.05, 0) is 44.9 Å². The highest BCUT2D eigenvalue weighted by atomic mass is 16.3. The fourth-order valence-electron chi connectivity index (χ4n) is 1.70. The van der Waals surface area contributed by atoms with Gasteiger partial charge >= 0.3 is 0 Å². The van der Waals surface area contributed by atoms with E-state index in [-0.39, 0.29) is 0 Å². The van der Waals surface area contributed by atoms with Crippen molar-refractivity contribution in [1.82, 2.24) is 5.32 Å². The van der Waals surface area contributed by atoms with E-state index >= 15 is 0 Å². The molecule has 0 saturated heterocycles. The fourth-order valence-corrected chi connectivity index (χ4v) is 1.70. The molecular formula is C12H19NO. The second-order valence-corrected chi connectivity index (χ2v) is 4.36. The topological polar surface area (TPSA) is 25.2 Å². The van der Waals surface area contributed by atoms with Crippen LogP contribution in [0.4, 0.5) is 0 Å². The first-order valence-electron chi connectivity index (χ1n) is 5.55. The van der Waals surface area contributed by atoms with Crippen molar-refractivity contribution in [2.45, 2.75) is 39.2 Å². The van der Waals surface area contributed by atoms with Crippen LogP contribution in [0, 0.1) is 12.8 Å². The molecule has 1 atom stereocenters. The Hall–Kier alpha value is -0.760. The first-order valence-corrected chi connectivity index (χ1v) is 5.55. The van der Waals surface area contributed by atoms with E-state index in [0.717, 1.165) is 24.0 Å². The second kappa shape index (κ2) is 4.18. The van der Waals surface area contributed by atoms with Gasteiger partial charge in [0.15, 0.2) is 0 Å². The predicted octanol–water partition coefficient (Wildman–Crippen LogP) is 3.04.